The molecule has 0 radical (unpaired) electrons. The Bertz CT molecular complexity index is 270. The van der Waals surface area contributed by atoms with Crippen LogP contribution >= 0.6 is 0 Å². The lowest BCUT2D eigenvalue weighted by atomic mass is 9.99. The first kappa shape index (κ1) is 13.8. The Morgan fingerprint density at radius 1 is 1.53 bits per heavy atom. The van der Waals surface area contributed by atoms with E-state index in [4.69, 9.17) is 9.84 Å². The molecule has 2 amide bonds. The number of likely N-dealkylation sites (tertiary alicyclic amines) is 1. The van der Waals surface area contributed by atoms with E-state index < -0.39 is 11.9 Å². The van der Waals surface area contributed by atoms with Crippen molar-refractivity contribution in [1.29, 1.82) is 0 Å². The lowest BCUT2D eigenvalue weighted by Crippen LogP contribution is -2.47. The molecule has 1 saturated heterocycles. The number of ether oxygens (including phenoxy) is 1. The van der Waals surface area contributed by atoms with E-state index in [9.17, 15) is 9.59 Å². The maximum atomic E-state index is 11.7. The van der Waals surface area contributed by atoms with Crippen LogP contribution in [0.3, 0.4) is 0 Å². The molecule has 98 valence electrons. The molecule has 1 heterocycles. The molecule has 0 aliphatic carbocycles. The summed E-state index contributed by atoms with van der Waals surface area (Å²) in [4.78, 5) is 24.1. The van der Waals surface area contributed by atoms with E-state index in [0.717, 1.165) is 6.42 Å². The molecule has 6 nitrogen and oxygen atoms in total. The topological polar surface area (TPSA) is 78.9 Å². The summed E-state index contributed by atoms with van der Waals surface area (Å²) in [7, 11) is 0. The van der Waals surface area contributed by atoms with Crippen LogP contribution in [0.5, 0.6) is 0 Å². The molecule has 0 aromatic rings. The summed E-state index contributed by atoms with van der Waals surface area (Å²) in [6, 6.07) is -0.198. The number of hydrogen-bond donors (Lipinski definition) is 2. The van der Waals surface area contributed by atoms with Gasteiger partial charge in [0.15, 0.2) is 0 Å². The summed E-state index contributed by atoms with van der Waals surface area (Å²) in [6.07, 6.45) is 1.40. The van der Waals surface area contributed by atoms with Crippen molar-refractivity contribution in [1.82, 2.24) is 10.2 Å². The highest BCUT2D eigenvalue weighted by Gasteiger charge is 2.27. The first-order valence-corrected chi connectivity index (χ1v) is 5.98. The van der Waals surface area contributed by atoms with Gasteiger partial charge in [0, 0.05) is 26.2 Å². The molecule has 1 unspecified atom stereocenters. The van der Waals surface area contributed by atoms with Crippen molar-refractivity contribution in [2.45, 2.75) is 19.8 Å². The molecule has 0 aromatic heterocycles. The quantitative estimate of drug-likeness (QED) is 0.691. The number of carboxylic acids is 1. The van der Waals surface area contributed by atoms with Gasteiger partial charge < -0.3 is 20.1 Å². The average Bonchev–Trinajstić information content (AvgIpc) is 2.34. The Hall–Kier alpha value is -1.30. The number of amides is 2. The number of carbonyl (C=O) groups excluding carboxylic acids is 1. The summed E-state index contributed by atoms with van der Waals surface area (Å²) in [5.74, 6) is -1.25. The van der Waals surface area contributed by atoms with Gasteiger partial charge in [-0.15, -0.1) is 0 Å². The summed E-state index contributed by atoms with van der Waals surface area (Å²) < 4.78 is 5.10. The van der Waals surface area contributed by atoms with Crippen LogP contribution in [-0.2, 0) is 9.53 Å². The zero-order valence-electron chi connectivity index (χ0n) is 10.1. The first-order valence-electron chi connectivity index (χ1n) is 5.98. The minimum atomic E-state index is -0.822. The van der Waals surface area contributed by atoms with E-state index in [1.807, 2.05) is 6.92 Å². The number of piperidine rings is 1. The van der Waals surface area contributed by atoms with Gasteiger partial charge in [-0.25, -0.2) is 4.79 Å². The Morgan fingerprint density at radius 3 is 2.94 bits per heavy atom. The molecule has 1 rings (SSSR count). The van der Waals surface area contributed by atoms with Gasteiger partial charge in [0.2, 0.25) is 0 Å². The molecule has 1 aliphatic rings. The summed E-state index contributed by atoms with van der Waals surface area (Å²) in [5.41, 5.74) is 0. The van der Waals surface area contributed by atoms with Gasteiger partial charge in [0.1, 0.15) is 0 Å². The number of carboxylic acid groups (broad SMARTS) is 1. The second-order valence-corrected chi connectivity index (χ2v) is 4.05. The smallest absolute Gasteiger partial charge is 0.317 e. The maximum Gasteiger partial charge on any atom is 0.317 e. The highest BCUT2D eigenvalue weighted by atomic mass is 16.5. The van der Waals surface area contributed by atoms with Crippen LogP contribution in [-0.4, -0.2) is 54.9 Å². The van der Waals surface area contributed by atoms with Crippen LogP contribution in [0.4, 0.5) is 4.79 Å². The lowest BCUT2D eigenvalue weighted by Gasteiger charge is -2.30. The van der Waals surface area contributed by atoms with Gasteiger partial charge in [-0.3, -0.25) is 4.79 Å². The van der Waals surface area contributed by atoms with Crippen LogP contribution in [0.15, 0.2) is 0 Å². The van der Waals surface area contributed by atoms with Crippen molar-refractivity contribution in [2.24, 2.45) is 5.92 Å². The number of urea groups is 1. The zero-order valence-corrected chi connectivity index (χ0v) is 10.1. The summed E-state index contributed by atoms with van der Waals surface area (Å²) >= 11 is 0. The third-order valence-electron chi connectivity index (χ3n) is 2.78. The summed E-state index contributed by atoms with van der Waals surface area (Å²) in [6.45, 7) is 4.39. The van der Waals surface area contributed by atoms with Crippen molar-refractivity contribution in [3.63, 3.8) is 0 Å². The van der Waals surface area contributed by atoms with Gasteiger partial charge in [-0.1, -0.05) is 0 Å². The number of hydrogen-bond acceptors (Lipinski definition) is 3. The number of rotatable bonds is 5. The van der Waals surface area contributed by atoms with E-state index in [-0.39, 0.29) is 6.03 Å². The summed E-state index contributed by atoms with van der Waals surface area (Å²) in [5, 5.41) is 11.6. The molecule has 1 atom stereocenters. The van der Waals surface area contributed by atoms with Crippen LogP contribution in [0.2, 0.25) is 0 Å². The van der Waals surface area contributed by atoms with E-state index in [2.05, 4.69) is 5.32 Å². The SMILES string of the molecule is CCOCCNC(=O)N1CCCC(C(=O)O)C1. The minimum Gasteiger partial charge on any atom is -0.481 e. The van der Waals surface area contributed by atoms with Gasteiger partial charge in [-0.2, -0.15) is 0 Å². The largest absolute Gasteiger partial charge is 0.481 e. The molecule has 6 heteroatoms. The molecule has 1 aliphatic heterocycles. The van der Waals surface area contributed by atoms with E-state index in [1.54, 1.807) is 4.90 Å². The minimum absolute atomic E-state index is 0.198. The monoisotopic (exact) mass is 244 g/mol. The molecule has 0 bridgehead atoms. The molecule has 1 fully saturated rings. The Morgan fingerprint density at radius 2 is 2.29 bits per heavy atom. The van der Waals surface area contributed by atoms with E-state index in [0.29, 0.717) is 39.3 Å². The predicted octanol–water partition coefficient (Wildman–Crippen LogP) is 0.529. The first-order chi connectivity index (χ1) is 8.15. The standard InChI is InChI=1S/C11H20N2O4/c1-2-17-7-5-12-11(16)13-6-3-4-9(8-13)10(14)15/h9H,2-8H2,1H3,(H,12,16)(H,14,15). The maximum absolute atomic E-state index is 11.7. The molecule has 17 heavy (non-hydrogen) atoms. The van der Waals surface area contributed by atoms with Crippen LogP contribution in [0.1, 0.15) is 19.8 Å². The number of nitrogens with one attached hydrogen (secondary N) is 1. The predicted molar refractivity (Wildman–Crippen MR) is 61.8 cm³/mol. The third-order valence-corrected chi connectivity index (χ3v) is 2.78. The Labute approximate surface area is 101 Å². The van der Waals surface area contributed by atoms with Crippen molar-refractivity contribution in [3.8, 4) is 0 Å². The highest BCUT2D eigenvalue weighted by Crippen LogP contribution is 2.16. The van der Waals surface area contributed by atoms with Crippen LogP contribution < -0.4 is 5.32 Å². The number of carbonyl (C=O) groups is 2. The number of aliphatic carboxylic acids is 1. The average molecular weight is 244 g/mol. The molecule has 0 saturated carbocycles. The van der Waals surface area contributed by atoms with Crippen molar-refractivity contribution < 1.29 is 19.4 Å². The fourth-order valence-electron chi connectivity index (χ4n) is 1.85. The third kappa shape index (κ3) is 4.60. The molecule has 2 N–H and O–H groups in total. The zero-order chi connectivity index (χ0) is 12.7. The fraction of sp³-hybridized carbons (Fsp3) is 0.818. The van der Waals surface area contributed by atoms with Gasteiger partial charge in [0.05, 0.1) is 12.5 Å². The fourth-order valence-corrected chi connectivity index (χ4v) is 1.85. The van der Waals surface area contributed by atoms with Crippen molar-refractivity contribution in [3.05, 3.63) is 0 Å². The second kappa shape index (κ2) is 7.11. The van der Waals surface area contributed by atoms with Crippen molar-refractivity contribution in [2.75, 3.05) is 32.8 Å². The normalized spacial score (nSPS) is 20.1. The number of nitrogens with zero attached hydrogens (tertiary/aromatic N) is 1. The van der Waals surface area contributed by atoms with Gasteiger partial charge in [0.25, 0.3) is 0 Å². The van der Waals surface area contributed by atoms with Crippen LogP contribution in [0, 0.1) is 5.92 Å². The second-order valence-electron chi connectivity index (χ2n) is 4.05. The van der Waals surface area contributed by atoms with E-state index >= 15 is 0 Å². The molecule has 0 aromatic carbocycles. The van der Waals surface area contributed by atoms with Gasteiger partial charge in [-0.05, 0) is 19.8 Å². The lowest BCUT2D eigenvalue weighted by molar-refractivity contribution is -0.143. The van der Waals surface area contributed by atoms with Gasteiger partial charge >= 0.3 is 12.0 Å². The Balaban J connectivity index is 2.28. The highest BCUT2D eigenvalue weighted by molar-refractivity contribution is 5.76. The van der Waals surface area contributed by atoms with Crippen LogP contribution in [0.25, 0.3) is 0 Å². The Kier molecular flexibility index (Phi) is 5.76. The molecular weight excluding hydrogens is 224 g/mol. The molecule has 0 spiro atoms. The van der Waals surface area contributed by atoms with E-state index in [1.165, 1.54) is 0 Å². The molecular formula is C11H20N2O4. The van der Waals surface area contributed by atoms with Crippen molar-refractivity contribution >= 4 is 12.0 Å².